The Morgan fingerprint density at radius 1 is 1.43 bits per heavy atom. The van der Waals surface area contributed by atoms with E-state index >= 15 is 0 Å². The number of H-pyrrole nitrogens is 1. The number of amides is 1. The molecular formula is C18H20F3N3O5S. The molecule has 0 aliphatic carbocycles. The van der Waals surface area contributed by atoms with Gasteiger partial charge in [-0.3, -0.25) is 4.79 Å². The maximum absolute atomic E-state index is 12.6. The smallest absolute Gasteiger partial charge is 0.475 e. The number of likely N-dealkylation sites (tertiary alicyclic amines) is 1. The van der Waals surface area contributed by atoms with Crippen LogP contribution in [0.3, 0.4) is 0 Å². The fraction of sp³-hybridized carbons (Fsp3) is 0.500. The quantitative estimate of drug-likeness (QED) is 0.746. The standard InChI is InChI=1S/C16H19N3O3S.C2HF3O2/c1-10-18-11(9-23-10)6-22-15-5-19(14-8-21-7-12(14)15)16(20)13-3-2-4-17-13;3-2(4,5)1(6)7/h2-4,9,12,14-15,17H,5-8H2,1H3;(H,6,7)/t12-,14+,15-;/m0./s1. The van der Waals surface area contributed by atoms with Crippen molar-refractivity contribution in [2.45, 2.75) is 31.9 Å². The number of nitrogens with one attached hydrogen (secondary N) is 1. The molecule has 4 heterocycles. The van der Waals surface area contributed by atoms with Crippen LogP contribution in [-0.4, -0.2) is 69.9 Å². The summed E-state index contributed by atoms with van der Waals surface area (Å²) in [6.07, 6.45) is -3.31. The molecule has 2 N–H and O–H groups in total. The van der Waals surface area contributed by atoms with Gasteiger partial charge in [0.25, 0.3) is 5.91 Å². The minimum atomic E-state index is -5.08. The van der Waals surface area contributed by atoms with Crippen molar-refractivity contribution in [1.82, 2.24) is 14.9 Å². The van der Waals surface area contributed by atoms with Crippen LogP contribution in [-0.2, 0) is 20.9 Å². The van der Waals surface area contributed by atoms with Crippen molar-refractivity contribution in [1.29, 1.82) is 0 Å². The number of aryl methyl sites for hydroxylation is 1. The Labute approximate surface area is 173 Å². The first-order valence-electron chi connectivity index (χ1n) is 9.01. The summed E-state index contributed by atoms with van der Waals surface area (Å²) in [5.74, 6) is -2.49. The third kappa shape index (κ3) is 5.18. The first-order chi connectivity index (χ1) is 14.2. The molecule has 0 saturated carbocycles. The molecule has 2 aliphatic rings. The summed E-state index contributed by atoms with van der Waals surface area (Å²) in [4.78, 5) is 30.8. The van der Waals surface area contributed by atoms with Crippen molar-refractivity contribution in [2.24, 2.45) is 5.92 Å². The highest BCUT2D eigenvalue weighted by atomic mass is 32.1. The fourth-order valence-corrected chi connectivity index (χ4v) is 3.99. The summed E-state index contributed by atoms with van der Waals surface area (Å²) in [7, 11) is 0. The summed E-state index contributed by atoms with van der Waals surface area (Å²) in [6.45, 7) is 4.33. The van der Waals surface area contributed by atoms with Crippen molar-refractivity contribution in [2.75, 3.05) is 19.8 Å². The van der Waals surface area contributed by atoms with E-state index in [4.69, 9.17) is 19.4 Å². The van der Waals surface area contributed by atoms with Gasteiger partial charge in [0.1, 0.15) is 5.69 Å². The van der Waals surface area contributed by atoms with Crippen LogP contribution in [0.5, 0.6) is 0 Å². The molecule has 12 heteroatoms. The second kappa shape index (κ2) is 9.14. The van der Waals surface area contributed by atoms with E-state index in [1.165, 1.54) is 0 Å². The molecule has 2 saturated heterocycles. The van der Waals surface area contributed by atoms with Gasteiger partial charge in [-0.15, -0.1) is 11.3 Å². The maximum Gasteiger partial charge on any atom is 0.490 e. The SMILES string of the molecule is Cc1nc(CO[C@H]2CN(C(=O)c3ccc[nH]3)[C@@H]3COC[C@H]23)cs1.O=C(O)C(F)(F)F. The highest BCUT2D eigenvalue weighted by molar-refractivity contribution is 7.09. The van der Waals surface area contributed by atoms with Gasteiger partial charge in [0.15, 0.2) is 0 Å². The van der Waals surface area contributed by atoms with Crippen LogP contribution in [0.4, 0.5) is 13.2 Å². The zero-order valence-electron chi connectivity index (χ0n) is 15.9. The Balaban J connectivity index is 0.000000318. The number of nitrogens with zero attached hydrogens (tertiary/aromatic N) is 2. The summed E-state index contributed by atoms with van der Waals surface area (Å²) in [5, 5.41) is 10.2. The molecule has 0 unspecified atom stereocenters. The van der Waals surface area contributed by atoms with E-state index in [1.807, 2.05) is 23.3 Å². The van der Waals surface area contributed by atoms with Crippen LogP contribution in [0.15, 0.2) is 23.7 Å². The summed E-state index contributed by atoms with van der Waals surface area (Å²) in [5.41, 5.74) is 1.57. The molecule has 0 radical (unpaired) electrons. The zero-order valence-corrected chi connectivity index (χ0v) is 16.7. The molecule has 164 valence electrons. The second-order valence-corrected chi connectivity index (χ2v) is 7.88. The maximum atomic E-state index is 12.6. The Morgan fingerprint density at radius 2 is 2.17 bits per heavy atom. The molecule has 2 fully saturated rings. The molecule has 2 aromatic heterocycles. The van der Waals surface area contributed by atoms with Crippen LogP contribution < -0.4 is 0 Å². The molecule has 0 spiro atoms. The van der Waals surface area contributed by atoms with E-state index in [-0.39, 0.29) is 24.0 Å². The van der Waals surface area contributed by atoms with Gasteiger partial charge in [0.05, 0.1) is 42.7 Å². The normalized spacial score (nSPS) is 23.1. The van der Waals surface area contributed by atoms with Crippen molar-refractivity contribution in [3.8, 4) is 0 Å². The van der Waals surface area contributed by atoms with Gasteiger partial charge in [0, 0.05) is 24.0 Å². The molecule has 0 bridgehead atoms. The van der Waals surface area contributed by atoms with Gasteiger partial charge >= 0.3 is 12.1 Å². The number of halogens is 3. The molecule has 4 rings (SSSR count). The van der Waals surface area contributed by atoms with Crippen LogP contribution in [0.25, 0.3) is 0 Å². The van der Waals surface area contributed by atoms with Crippen LogP contribution in [0.1, 0.15) is 21.2 Å². The highest BCUT2D eigenvalue weighted by Crippen LogP contribution is 2.33. The number of ether oxygens (including phenoxy) is 2. The number of carboxylic acids is 1. The number of rotatable bonds is 4. The predicted molar refractivity (Wildman–Crippen MR) is 99.0 cm³/mol. The molecule has 0 aromatic carbocycles. The van der Waals surface area contributed by atoms with Gasteiger partial charge in [-0.1, -0.05) is 0 Å². The summed E-state index contributed by atoms with van der Waals surface area (Å²) in [6, 6.07) is 3.75. The topological polar surface area (TPSA) is 105 Å². The van der Waals surface area contributed by atoms with E-state index in [0.29, 0.717) is 32.1 Å². The Morgan fingerprint density at radius 3 is 2.73 bits per heavy atom. The van der Waals surface area contributed by atoms with Gasteiger partial charge in [-0.2, -0.15) is 13.2 Å². The predicted octanol–water partition coefficient (Wildman–Crippen LogP) is 2.47. The van der Waals surface area contributed by atoms with E-state index in [2.05, 4.69) is 9.97 Å². The summed E-state index contributed by atoms with van der Waals surface area (Å²) < 4.78 is 43.4. The van der Waals surface area contributed by atoms with E-state index < -0.39 is 12.1 Å². The van der Waals surface area contributed by atoms with Crippen molar-refractivity contribution >= 4 is 23.2 Å². The lowest BCUT2D eigenvalue weighted by atomic mass is 10.0. The first-order valence-corrected chi connectivity index (χ1v) is 9.89. The molecular weight excluding hydrogens is 427 g/mol. The van der Waals surface area contributed by atoms with E-state index in [0.717, 1.165) is 10.7 Å². The van der Waals surface area contributed by atoms with Gasteiger partial charge in [0.2, 0.25) is 0 Å². The lowest BCUT2D eigenvalue weighted by Gasteiger charge is -2.21. The highest BCUT2D eigenvalue weighted by Gasteiger charge is 2.48. The number of aromatic nitrogens is 2. The molecule has 1 amide bonds. The van der Waals surface area contributed by atoms with Crippen molar-refractivity contribution < 1.29 is 37.3 Å². The van der Waals surface area contributed by atoms with E-state index in [1.54, 1.807) is 23.6 Å². The van der Waals surface area contributed by atoms with E-state index in [9.17, 15) is 18.0 Å². The third-order valence-electron chi connectivity index (χ3n) is 4.79. The number of alkyl halides is 3. The van der Waals surface area contributed by atoms with Crippen molar-refractivity contribution in [3.63, 3.8) is 0 Å². The number of fused-ring (bicyclic) bond motifs is 1. The third-order valence-corrected chi connectivity index (χ3v) is 5.61. The molecule has 3 atom stereocenters. The fourth-order valence-electron chi connectivity index (χ4n) is 3.40. The molecule has 30 heavy (non-hydrogen) atoms. The Bertz CT molecular complexity index is 871. The molecule has 8 nitrogen and oxygen atoms in total. The lowest BCUT2D eigenvalue weighted by Crippen LogP contribution is -2.38. The minimum absolute atomic E-state index is 0.00317. The number of carbonyl (C=O) groups excluding carboxylic acids is 1. The number of carboxylic acid groups (broad SMARTS) is 1. The number of hydrogen-bond acceptors (Lipinski definition) is 6. The number of thiazole rings is 1. The lowest BCUT2D eigenvalue weighted by molar-refractivity contribution is -0.192. The monoisotopic (exact) mass is 447 g/mol. The van der Waals surface area contributed by atoms with Crippen LogP contribution >= 0.6 is 11.3 Å². The molecule has 2 aromatic rings. The van der Waals surface area contributed by atoms with Gasteiger partial charge in [-0.05, 0) is 19.1 Å². The van der Waals surface area contributed by atoms with Gasteiger partial charge in [-0.25, -0.2) is 9.78 Å². The van der Waals surface area contributed by atoms with Crippen molar-refractivity contribution in [3.05, 3.63) is 40.1 Å². The number of aromatic amines is 1. The largest absolute Gasteiger partial charge is 0.490 e. The number of carbonyl (C=O) groups is 2. The Hall–Kier alpha value is -2.44. The number of aliphatic carboxylic acids is 1. The van der Waals surface area contributed by atoms with Crippen LogP contribution in [0, 0.1) is 12.8 Å². The number of hydrogen-bond donors (Lipinski definition) is 2. The Kier molecular flexibility index (Phi) is 6.78. The minimum Gasteiger partial charge on any atom is -0.475 e. The first kappa shape index (κ1) is 22.2. The zero-order chi connectivity index (χ0) is 21.9. The average Bonchev–Trinajstić information content (AvgIpc) is 3.45. The van der Waals surface area contributed by atoms with Crippen LogP contribution in [0.2, 0.25) is 0 Å². The van der Waals surface area contributed by atoms with Gasteiger partial charge < -0.3 is 24.5 Å². The average molecular weight is 447 g/mol. The summed E-state index contributed by atoms with van der Waals surface area (Å²) >= 11 is 1.63. The second-order valence-electron chi connectivity index (χ2n) is 6.82. The molecule has 2 aliphatic heterocycles.